The van der Waals surface area contributed by atoms with Gasteiger partial charge in [0, 0.05) is 44.4 Å². The summed E-state index contributed by atoms with van der Waals surface area (Å²) >= 11 is 0. The predicted molar refractivity (Wildman–Crippen MR) is 224 cm³/mol. The van der Waals surface area contributed by atoms with Crippen LogP contribution in [-0.2, 0) is 5.41 Å². The molecule has 0 unspecified atom stereocenters. The van der Waals surface area contributed by atoms with E-state index < -0.39 is 0 Å². The van der Waals surface area contributed by atoms with E-state index in [9.17, 15) is 0 Å². The maximum Gasteiger partial charge on any atom is 0.0622 e. The first-order valence-corrected chi connectivity index (χ1v) is 18.4. The number of benzene rings is 8. The Morgan fingerprint density at radius 3 is 1.74 bits per heavy atom. The lowest BCUT2D eigenvalue weighted by atomic mass is 9.75. The fraction of sp³-hybridized carbons (Fsp3) is 0.0588. The van der Waals surface area contributed by atoms with E-state index in [4.69, 9.17) is 0 Å². The maximum absolute atomic E-state index is 2.48. The fourth-order valence-electron chi connectivity index (χ4n) is 8.68. The molecule has 1 aromatic heterocycles. The average Bonchev–Trinajstić information content (AvgIpc) is 3.53. The Morgan fingerprint density at radius 2 is 0.981 bits per heavy atom. The van der Waals surface area contributed by atoms with E-state index in [2.05, 4.69) is 217 Å². The summed E-state index contributed by atoms with van der Waals surface area (Å²) in [5.74, 6) is 0. The van der Waals surface area contributed by atoms with Crippen LogP contribution in [-0.4, -0.2) is 4.57 Å². The van der Waals surface area contributed by atoms with Crippen LogP contribution in [0.4, 0.5) is 17.1 Å². The molecule has 0 saturated carbocycles. The SMILES string of the molecule is CC1(C)c2ccccc2-c2c(n(-c3ccc(-c4ccc(N(c5ccccc5)c5cccc6ccccc56)cc4)cc3)c3ccccc23)-c2ccccc21. The van der Waals surface area contributed by atoms with E-state index in [1.165, 1.54) is 66.3 Å². The molecule has 2 nitrogen and oxygen atoms in total. The van der Waals surface area contributed by atoms with Gasteiger partial charge in [-0.2, -0.15) is 0 Å². The molecule has 1 aliphatic carbocycles. The Bertz CT molecular complexity index is 2780. The average molecular weight is 679 g/mol. The van der Waals surface area contributed by atoms with Crippen LogP contribution in [0.3, 0.4) is 0 Å². The monoisotopic (exact) mass is 678 g/mol. The molecule has 0 amide bonds. The van der Waals surface area contributed by atoms with Crippen molar-refractivity contribution < 1.29 is 0 Å². The summed E-state index contributed by atoms with van der Waals surface area (Å²) in [5.41, 5.74) is 15.9. The Balaban J connectivity index is 1.08. The molecular weight excluding hydrogens is 641 g/mol. The number of anilines is 3. The second kappa shape index (κ2) is 12.3. The first-order chi connectivity index (χ1) is 26.1. The molecule has 0 radical (unpaired) electrons. The van der Waals surface area contributed by atoms with E-state index in [-0.39, 0.29) is 5.41 Å². The van der Waals surface area contributed by atoms with Gasteiger partial charge >= 0.3 is 0 Å². The van der Waals surface area contributed by atoms with Gasteiger partial charge in [-0.05, 0) is 81.7 Å². The number of fused-ring (bicyclic) bond motifs is 8. The molecule has 0 N–H and O–H groups in total. The third-order valence-corrected chi connectivity index (χ3v) is 11.2. The van der Waals surface area contributed by atoms with Crippen molar-refractivity contribution in [3.05, 3.63) is 205 Å². The highest BCUT2D eigenvalue weighted by Gasteiger charge is 2.35. The number of rotatable bonds is 5. The van der Waals surface area contributed by atoms with Crippen molar-refractivity contribution >= 4 is 38.7 Å². The molecule has 0 spiro atoms. The zero-order chi connectivity index (χ0) is 35.5. The van der Waals surface area contributed by atoms with Gasteiger partial charge in [-0.15, -0.1) is 0 Å². The van der Waals surface area contributed by atoms with Gasteiger partial charge in [-0.25, -0.2) is 0 Å². The largest absolute Gasteiger partial charge is 0.310 e. The Morgan fingerprint density at radius 1 is 0.434 bits per heavy atom. The Kier molecular flexibility index (Phi) is 7.19. The smallest absolute Gasteiger partial charge is 0.0622 e. The van der Waals surface area contributed by atoms with Gasteiger partial charge in [-0.1, -0.05) is 159 Å². The highest BCUT2D eigenvalue weighted by atomic mass is 15.1. The summed E-state index contributed by atoms with van der Waals surface area (Å²) in [4.78, 5) is 2.36. The molecule has 53 heavy (non-hydrogen) atoms. The Labute approximate surface area is 310 Å². The van der Waals surface area contributed by atoms with Gasteiger partial charge < -0.3 is 9.47 Å². The molecule has 252 valence electrons. The van der Waals surface area contributed by atoms with Crippen molar-refractivity contribution in [1.29, 1.82) is 0 Å². The lowest BCUT2D eigenvalue weighted by Gasteiger charge is -2.28. The summed E-state index contributed by atoms with van der Waals surface area (Å²) in [5, 5.41) is 3.73. The maximum atomic E-state index is 2.48. The van der Waals surface area contributed by atoms with Crippen molar-refractivity contribution in [3.63, 3.8) is 0 Å². The van der Waals surface area contributed by atoms with Gasteiger partial charge in [0.25, 0.3) is 0 Å². The van der Waals surface area contributed by atoms with Crippen LogP contribution in [0.25, 0.3) is 60.9 Å². The van der Waals surface area contributed by atoms with E-state index in [1.54, 1.807) is 0 Å². The van der Waals surface area contributed by atoms with Crippen LogP contribution in [0.1, 0.15) is 25.0 Å². The fourth-order valence-corrected chi connectivity index (χ4v) is 8.68. The number of nitrogens with zero attached hydrogens (tertiary/aromatic N) is 2. The van der Waals surface area contributed by atoms with Crippen LogP contribution in [0.5, 0.6) is 0 Å². The first-order valence-electron chi connectivity index (χ1n) is 18.4. The molecule has 8 aromatic carbocycles. The number of aromatic nitrogens is 1. The topological polar surface area (TPSA) is 8.17 Å². The minimum Gasteiger partial charge on any atom is -0.310 e. The van der Waals surface area contributed by atoms with Crippen molar-refractivity contribution in [3.8, 4) is 39.2 Å². The van der Waals surface area contributed by atoms with E-state index >= 15 is 0 Å². The molecule has 9 aromatic rings. The molecule has 0 fully saturated rings. The zero-order valence-corrected chi connectivity index (χ0v) is 29.9. The van der Waals surface area contributed by atoms with E-state index in [0.717, 1.165) is 22.7 Å². The second-order valence-electron chi connectivity index (χ2n) is 14.6. The highest BCUT2D eigenvalue weighted by molar-refractivity contribution is 6.08. The standard InChI is InChI=1S/C51H38N2/c1-51(2)45-23-11-8-20-42(45)49-44-22-10-13-25-48(44)53(50(49)43-21-9-12-24-46(43)51)40-33-29-36(30-34-40)35-27-31-39(32-28-35)52(38-17-4-3-5-18-38)47-26-14-16-37-15-6-7-19-41(37)47/h3-34H,1-2H3. The van der Waals surface area contributed by atoms with Gasteiger partial charge in [-0.3, -0.25) is 0 Å². The molecule has 2 heteroatoms. The molecule has 1 heterocycles. The van der Waals surface area contributed by atoms with Crippen LogP contribution in [0.15, 0.2) is 194 Å². The van der Waals surface area contributed by atoms with E-state index in [0.29, 0.717) is 0 Å². The molecule has 0 aliphatic heterocycles. The molecular formula is C51H38N2. The lowest BCUT2D eigenvalue weighted by molar-refractivity contribution is 0.646. The molecule has 0 saturated heterocycles. The van der Waals surface area contributed by atoms with Crippen molar-refractivity contribution in [2.24, 2.45) is 0 Å². The third kappa shape index (κ3) is 4.94. The summed E-state index contributed by atoms with van der Waals surface area (Å²) in [7, 11) is 0. The number of hydrogen-bond acceptors (Lipinski definition) is 1. The minimum absolute atomic E-state index is 0.155. The van der Waals surface area contributed by atoms with Crippen molar-refractivity contribution in [2.75, 3.05) is 4.90 Å². The minimum atomic E-state index is -0.155. The van der Waals surface area contributed by atoms with Crippen molar-refractivity contribution in [2.45, 2.75) is 19.3 Å². The second-order valence-corrected chi connectivity index (χ2v) is 14.6. The van der Waals surface area contributed by atoms with Crippen LogP contribution >= 0.6 is 0 Å². The summed E-state index contributed by atoms with van der Waals surface area (Å²) in [6.45, 7) is 4.73. The molecule has 10 rings (SSSR count). The third-order valence-electron chi connectivity index (χ3n) is 11.2. The summed E-state index contributed by atoms with van der Waals surface area (Å²) < 4.78 is 2.48. The summed E-state index contributed by atoms with van der Waals surface area (Å²) in [6, 6.07) is 70.8. The van der Waals surface area contributed by atoms with E-state index in [1.807, 2.05) is 0 Å². The Hall–Kier alpha value is -6.64. The van der Waals surface area contributed by atoms with Gasteiger partial charge in [0.1, 0.15) is 0 Å². The van der Waals surface area contributed by atoms with Gasteiger partial charge in [0.2, 0.25) is 0 Å². The highest BCUT2D eigenvalue weighted by Crippen LogP contribution is 2.52. The molecule has 0 atom stereocenters. The van der Waals surface area contributed by atoms with Crippen LogP contribution in [0.2, 0.25) is 0 Å². The quantitative estimate of drug-likeness (QED) is 0.176. The van der Waals surface area contributed by atoms with Crippen LogP contribution in [0, 0.1) is 0 Å². The predicted octanol–water partition coefficient (Wildman–Crippen LogP) is 13.9. The number of para-hydroxylation sites is 2. The van der Waals surface area contributed by atoms with Gasteiger partial charge in [0.05, 0.1) is 16.9 Å². The normalized spacial score (nSPS) is 12.9. The summed E-state index contributed by atoms with van der Waals surface area (Å²) in [6.07, 6.45) is 0. The molecule has 1 aliphatic rings. The van der Waals surface area contributed by atoms with Crippen LogP contribution < -0.4 is 4.90 Å². The lowest BCUT2D eigenvalue weighted by Crippen LogP contribution is -2.20. The zero-order valence-electron chi connectivity index (χ0n) is 29.9. The molecule has 0 bridgehead atoms. The van der Waals surface area contributed by atoms with Crippen molar-refractivity contribution in [1.82, 2.24) is 4.57 Å². The van der Waals surface area contributed by atoms with Gasteiger partial charge in [0.15, 0.2) is 0 Å². The number of hydrogen-bond donors (Lipinski definition) is 0. The first kappa shape index (κ1) is 31.1.